The van der Waals surface area contributed by atoms with Crippen LogP contribution in [0.1, 0.15) is 6.92 Å². The molecule has 0 aromatic carbocycles. The predicted molar refractivity (Wildman–Crippen MR) is 29.6 cm³/mol. The van der Waals surface area contributed by atoms with E-state index in [-0.39, 0.29) is 0 Å². The molecular weight excluding hydrogens is 88.1 g/mol. The van der Waals surface area contributed by atoms with Gasteiger partial charge in [0, 0.05) is 0 Å². The van der Waals surface area contributed by atoms with Gasteiger partial charge in [-0.05, 0) is 13.0 Å². The average Bonchev–Trinajstić information content (AvgIpc) is 1.69. The van der Waals surface area contributed by atoms with Gasteiger partial charge in [-0.15, -0.1) is 0 Å². The molecule has 1 nitrogen and oxygen atoms in total. The van der Waals surface area contributed by atoms with Crippen molar-refractivity contribution in [2.24, 2.45) is 0 Å². The summed E-state index contributed by atoms with van der Waals surface area (Å²) in [4.78, 5) is 0. The summed E-state index contributed by atoms with van der Waals surface area (Å²) in [6.07, 6.45) is 4.53. The summed E-state index contributed by atoms with van der Waals surface area (Å²) in [5.41, 5.74) is 2.71. The second-order valence-corrected chi connectivity index (χ2v) is 0.876. The Morgan fingerprint density at radius 3 is 2.86 bits per heavy atom. The second kappa shape index (κ2) is 5.06. The molecule has 0 amide bonds. The fraction of sp³-hybridized carbons (Fsp3) is 0.167. The molecule has 0 N–H and O–H groups in total. The smallest absolute Gasteiger partial charge is 0.132 e. The van der Waals surface area contributed by atoms with Gasteiger partial charge >= 0.3 is 0 Å². The van der Waals surface area contributed by atoms with Crippen LogP contribution in [0, 0.1) is 0 Å². The third-order valence-corrected chi connectivity index (χ3v) is 0.399. The topological polar surface area (TPSA) is 9.23 Å². The zero-order valence-electron chi connectivity index (χ0n) is 4.35. The Morgan fingerprint density at radius 1 is 1.71 bits per heavy atom. The van der Waals surface area contributed by atoms with E-state index in [0.29, 0.717) is 0 Å². The van der Waals surface area contributed by atoms with Gasteiger partial charge in [-0.25, -0.2) is 0 Å². The fourth-order valence-electron chi connectivity index (χ4n) is 0.155. The van der Waals surface area contributed by atoms with E-state index in [4.69, 9.17) is 0 Å². The van der Waals surface area contributed by atoms with Crippen LogP contribution in [0.3, 0.4) is 0 Å². The first-order chi connectivity index (χ1) is 3.41. The summed E-state index contributed by atoms with van der Waals surface area (Å²) in [6, 6.07) is 0. The Bertz CT molecular complexity index is 96.7. The Hall–Kier alpha value is -0.940. The van der Waals surface area contributed by atoms with Crippen LogP contribution in [-0.2, 0) is 4.74 Å². The Kier molecular flexibility index (Phi) is 4.38. The summed E-state index contributed by atoms with van der Waals surface area (Å²) < 4.78 is 4.57. The van der Waals surface area contributed by atoms with Crippen molar-refractivity contribution < 1.29 is 4.74 Å². The number of rotatable bonds is 2. The van der Waals surface area contributed by atoms with Gasteiger partial charge in [0.05, 0.1) is 6.26 Å². The van der Waals surface area contributed by atoms with Crippen LogP contribution in [0.2, 0.25) is 0 Å². The normalized spacial score (nSPS) is 5.86. The Labute approximate surface area is 43.6 Å². The second-order valence-electron chi connectivity index (χ2n) is 0.876. The summed E-state index contributed by atoms with van der Waals surface area (Å²) in [7, 11) is 0. The van der Waals surface area contributed by atoms with E-state index in [1.807, 2.05) is 6.92 Å². The molecule has 0 spiro atoms. The maximum absolute atomic E-state index is 4.57. The lowest BCUT2D eigenvalue weighted by atomic mass is 10.7. The minimum Gasteiger partial charge on any atom is -0.465 e. The van der Waals surface area contributed by atoms with E-state index in [9.17, 15) is 0 Å². The van der Waals surface area contributed by atoms with Crippen LogP contribution < -0.4 is 0 Å². The number of hydrogen-bond acceptors (Lipinski definition) is 1. The molecular formula is C6H8O. The van der Waals surface area contributed by atoms with E-state index >= 15 is 0 Å². The van der Waals surface area contributed by atoms with Gasteiger partial charge in [-0.3, -0.25) is 0 Å². The van der Waals surface area contributed by atoms with Gasteiger partial charge in [-0.1, -0.05) is 12.3 Å². The van der Waals surface area contributed by atoms with Gasteiger partial charge < -0.3 is 4.74 Å². The molecule has 0 saturated carbocycles. The maximum atomic E-state index is 4.57. The fourth-order valence-corrected chi connectivity index (χ4v) is 0.155. The molecule has 0 unspecified atom stereocenters. The van der Waals surface area contributed by atoms with Crippen molar-refractivity contribution in [3.05, 3.63) is 30.9 Å². The summed E-state index contributed by atoms with van der Waals surface area (Å²) in [5.74, 6) is 0. The molecule has 7 heavy (non-hydrogen) atoms. The minimum absolute atomic E-state index is 1.34. The molecule has 0 aliphatic rings. The summed E-state index contributed by atoms with van der Waals surface area (Å²) in [6.45, 7) is 5.19. The molecule has 0 fully saturated rings. The van der Waals surface area contributed by atoms with Crippen molar-refractivity contribution >= 4 is 0 Å². The quantitative estimate of drug-likeness (QED) is 0.376. The van der Waals surface area contributed by atoms with Crippen molar-refractivity contribution in [2.75, 3.05) is 0 Å². The lowest BCUT2D eigenvalue weighted by Gasteiger charge is -1.77. The third kappa shape index (κ3) is 5.06. The monoisotopic (exact) mass is 96.1 g/mol. The first kappa shape index (κ1) is 6.06. The molecule has 1 heteroatoms. The van der Waals surface area contributed by atoms with Gasteiger partial charge in [-0.2, -0.15) is 0 Å². The Morgan fingerprint density at radius 2 is 2.43 bits per heavy atom. The lowest BCUT2D eigenvalue weighted by molar-refractivity contribution is 0.405. The van der Waals surface area contributed by atoms with Gasteiger partial charge in [0.1, 0.15) is 6.26 Å². The van der Waals surface area contributed by atoms with Crippen molar-refractivity contribution in [3.63, 3.8) is 0 Å². The first-order valence-electron chi connectivity index (χ1n) is 2.03. The molecule has 0 saturated heterocycles. The van der Waals surface area contributed by atoms with Gasteiger partial charge in [0.25, 0.3) is 0 Å². The van der Waals surface area contributed by atoms with Crippen molar-refractivity contribution in [1.82, 2.24) is 0 Å². The van der Waals surface area contributed by atoms with Crippen molar-refractivity contribution in [2.45, 2.75) is 6.92 Å². The molecule has 0 rings (SSSR count). The Balaban J connectivity index is 3.27. The van der Waals surface area contributed by atoms with Crippen molar-refractivity contribution in [3.8, 4) is 0 Å². The largest absolute Gasteiger partial charge is 0.465 e. The zero-order chi connectivity index (χ0) is 5.54. The third-order valence-electron chi connectivity index (χ3n) is 0.399. The first-order valence-corrected chi connectivity index (χ1v) is 2.03. The standard InChI is InChI=1S/C6H8O/c1-3-5-6-7-4-2/h3-4,6H,2H2,1H3. The highest BCUT2D eigenvalue weighted by Gasteiger charge is 1.52. The molecule has 0 aliphatic heterocycles. The van der Waals surface area contributed by atoms with E-state index in [0.717, 1.165) is 0 Å². The van der Waals surface area contributed by atoms with E-state index < -0.39 is 0 Å². The molecule has 0 atom stereocenters. The van der Waals surface area contributed by atoms with Crippen molar-refractivity contribution in [1.29, 1.82) is 0 Å². The number of hydrogen-bond donors (Lipinski definition) is 0. The van der Waals surface area contributed by atoms with Crippen LogP contribution in [0.25, 0.3) is 0 Å². The highest BCUT2D eigenvalue weighted by atomic mass is 16.5. The average molecular weight is 96.1 g/mol. The number of allylic oxidation sites excluding steroid dienone is 1. The molecule has 38 valence electrons. The van der Waals surface area contributed by atoms with Crippen LogP contribution in [0.5, 0.6) is 0 Å². The molecule has 0 radical (unpaired) electrons. The highest BCUT2D eigenvalue weighted by molar-refractivity contribution is 4.75. The molecule has 0 heterocycles. The van der Waals surface area contributed by atoms with Gasteiger partial charge in [0.15, 0.2) is 0 Å². The summed E-state index contributed by atoms with van der Waals surface area (Å²) >= 11 is 0. The summed E-state index contributed by atoms with van der Waals surface area (Å²) in [5, 5.41) is 0. The predicted octanol–water partition coefficient (Wildman–Crippen LogP) is 1.84. The molecule has 0 bridgehead atoms. The maximum Gasteiger partial charge on any atom is 0.132 e. The molecule has 0 aromatic heterocycles. The lowest BCUT2D eigenvalue weighted by Crippen LogP contribution is -1.55. The highest BCUT2D eigenvalue weighted by Crippen LogP contribution is 1.71. The molecule has 0 aliphatic carbocycles. The van der Waals surface area contributed by atoms with Crippen LogP contribution in [0.15, 0.2) is 30.9 Å². The molecule has 0 aromatic rings. The van der Waals surface area contributed by atoms with E-state index in [1.165, 1.54) is 12.5 Å². The van der Waals surface area contributed by atoms with Gasteiger partial charge in [0.2, 0.25) is 0 Å². The van der Waals surface area contributed by atoms with Crippen LogP contribution >= 0.6 is 0 Å². The zero-order valence-corrected chi connectivity index (χ0v) is 4.35. The van der Waals surface area contributed by atoms with Crippen LogP contribution in [-0.4, -0.2) is 0 Å². The van der Waals surface area contributed by atoms with E-state index in [2.05, 4.69) is 17.0 Å². The van der Waals surface area contributed by atoms with E-state index in [1.54, 1.807) is 6.08 Å². The minimum atomic E-state index is 1.34. The number of ether oxygens (including phenoxy) is 1. The SMILES string of the molecule is C=COC=C=CC. The van der Waals surface area contributed by atoms with Crippen LogP contribution in [0.4, 0.5) is 0 Å².